The SMILES string of the molecule is COc1ccc(CNc2cccc(C#N)n2)cn1. The lowest BCUT2D eigenvalue weighted by molar-refractivity contribution is 0.397. The van der Waals surface area contributed by atoms with E-state index in [0.29, 0.717) is 23.9 Å². The van der Waals surface area contributed by atoms with Gasteiger partial charge in [-0.05, 0) is 17.7 Å². The number of anilines is 1. The van der Waals surface area contributed by atoms with E-state index in [1.54, 1.807) is 31.5 Å². The van der Waals surface area contributed by atoms with Gasteiger partial charge in [0.05, 0.1) is 7.11 Å². The largest absolute Gasteiger partial charge is 0.481 e. The normalized spacial score (nSPS) is 9.56. The molecule has 0 spiro atoms. The van der Waals surface area contributed by atoms with Crippen molar-refractivity contribution in [2.24, 2.45) is 0 Å². The van der Waals surface area contributed by atoms with Crippen LogP contribution in [0.3, 0.4) is 0 Å². The highest BCUT2D eigenvalue weighted by Crippen LogP contribution is 2.09. The van der Waals surface area contributed by atoms with Crippen LogP contribution in [0, 0.1) is 11.3 Å². The van der Waals surface area contributed by atoms with Crippen LogP contribution in [-0.4, -0.2) is 17.1 Å². The van der Waals surface area contributed by atoms with Crippen LogP contribution < -0.4 is 10.1 Å². The zero-order valence-corrected chi connectivity index (χ0v) is 9.92. The third-order valence-corrected chi connectivity index (χ3v) is 2.34. The Morgan fingerprint density at radius 2 is 2.22 bits per heavy atom. The van der Waals surface area contributed by atoms with E-state index in [-0.39, 0.29) is 0 Å². The van der Waals surface area contributed by atoms with E-state index >= 15 is 0 Å². The fourth-order valence-corrected chi connectivity index (χ4v) is 1.42. The van der Waals surface area contributed by atoms with Gasteiger partial charge in [-0.1, -0.05) is 12.1 Å². The number of nitriles is 1. The van der Waals surface area contributed by atoms with Gasteiger partial charge in [0.15, 0.2) is 0 Å². The summed E-state index contributed by atoms with van der Waals surface area (Å²) in [5, 5.41) is 11.9. The van der Waals surface area contributed by atoms with Crippen molar-refractivity contribution in [1.82, 2.24) is 9.97 Å². The van der Waals surface area contributed by atoms with Gasteiger partial charge < -0.3 is 10.1 Å². The summed E-state index contributed by atoms with van der Waals surface area (Å²) < 4.78 is 4.98. The molecule has 5 heteroatoms. The molecule has 0 saturated heterocycles. The second kappa shape index (κ2) is 5.64. The highest BCUT2D eigenvalue weighted by molar-refractivity contribution is 5.39. The average Bonchev–Trinajstić information content (AvgIpc) is 2.46. The van der Waals surface area contributed by atoms with E-state index in [4.69, 9.17) is 10.00 Å². The molecule has 0 bridgehead atoms. The summed E-state index contributed by atoms with van der Waals surface area (Å²) in [4.78, 5) is 8.23. The Kier molecular flexibility index (Phi) is 3.72. The van der Waals surface area contributed by atoms with Gasteiger partial charge in [0, 0.05) is 18.8 Å². The van der Waals surface area contributed by atoms with Crippen LogP contribution in [-0.2, 0) is 6.54 Å². The monoisotopic (exact) mass is 240 g/mol. The van der Waals surface area contributed by atoms with Crippen molar-refractivity contribution < 1.29 is 4.74 Å². The fraction of sp³-hybridized carbons (Fsp3) is 0.154. The molecule has 0 radical (unpaired) electrons. The number of ether oxygens (including phenoxy) is 1. The second-order valence-corrected chi connectivity index (χ2v) is 3.58. The zero-order chi connectivity index (χ0) is 12.8. The van der Waals surface area contributed by atoms with Crippen LogP contribution >= 0.6 is 0 Å². The lowest BCUT2D eigenvalue weighted by Gasteiger charge is -2.06. The van der Waals surface area contributed by atoms with E-state index in [2.05, 4.69) is 15.3 Å². The van der Waals surface area contributed by atoms with E-state index < -0.39 is 0 Å². The van der Waals surface area contributed by atoms with Crippen molar-refractivity contribution in [2.45, 2.75) is 6.54 Å². The van der Waals surface area contributed by atoms with Crippen LogP contribution in [0.25, 0.3) is 0 Å². The summed E-state index contributed by atoms with van der Waals surface area (Å²) in [6.07, 6.45) is 1.74. The van der Waals surface area contributed by atoms with Crippen molar-refractivity contribution in [3.63, 3.8) is 0 Å². The molecular formula is C13H12N4O. The predicted molar refractivity (Wildman–Crippen MR) is 67.1 cm³/mol. The van der Waals surface area contributed by atoms with Gasteiger partial charge in [0.2, 0.25) is 5.88 Å². The maximum atomic E-state index is 8.74. The third-order valence-electron chi connectivity index (χ3n) is 2.34. The quantitative estimate of drug-likeness (QED) is 0.884. The molecule has 0 atom stereocenters. The maximum absolute atomic E-state index is 8.74. The molecular weight excluding hydrogens is 228 g/mol. The Morgan fingerprint density at radius 1 is 1.33 bits per heavy atom. The first-order chi connectivity index (χ1) is 8.81. The molecule has 0 aliphatic heterocycles. The molecule has 5 nitrogen and oxygen atoms in total. The Bertz CT molecular complexity index is 560. The van der Waals surface area contributed by atoms with Gasteiger partial charge in [0.25, 0.3) is 0 Å². The van der Waals surface area contributed by atoms with Gasteiger partial charge in [-0.3, -0.25) is 0 Å². The number of aromatic nitrogens is 2. The van der Waals surface area contributed by atoms with E-state index in [9.17, 15) is 0 Å². The summed E-state index contributed by atoms with van der Waals surface area (Å²) in [5.74, 6) is 1.26. The standard InChI is InChI=1S/C13H12N4O/c1-18-13-6-5-10(9-16-13)8-15-12-4-2-3-11(7-14)17-12/h2-6,9H,8H2,1H3,(H,15,17). The Balaban J connectivity index is 2.00. The van der Waals surface area contributed by atoms with E-state index in [1.807, 2.05) is 18.2 Å². The Labute approximate surface area is 105 Å². The van der Waals surface area contributed by atoms with Gasteiger partial charge in [-0.25, -0.2) is 9.97 Å². The van der Waals surface area contributed by atoms with Crippen LogP contribution in [0.4, 0.5) is 5.82 Å². The molecule has 0 aliphatic carbocycles. The third kappa shape index (κ3) is 2.95. The van der Waals surface area contributed by atoms with E-state index in [1.165, 1.54) is 0 Å². The van der Waals surface area contributed by atoms with Crippen molar-refractivity contribution >= 4 is 5.82 Å². The first-order valence-electron chi connectivity index (χ1n) is 5.42. The molecule has 0 aromatic carbocycles. The fourth-order valence-electron chi connectivity index (χ4n) is 1.42. The Morgan fingerprint density at radius 3 is 2.89 bits per heavy atom. The molecule has 1 N–H and O–H groups in total. The molecule has 2 heterocycles. The molecule has 0 aliphatic rings. The van der Waals surface area contributed by atoms with Gasteiger partial charge >= 0.3 is 0 Å². The second-order valence-electron chi connectivity index (χ2n) is 3.58. The summed E-state index contributed by atoms with van der Waals surface area (Å²) in [7, 11) is 1.58. The lowest BCUT2D eigenvalue weighted by Crippen LogP contribution is -2.02. The average molecular weight is 240 g/mol. The first kappa shape index (κ1) is 11.9. The number of nitrogens with zero attached hydrogens (tertiary/aromatic N) is 3. The van der Waals surface area contributed by atoms with Crippen LogP contribution in [0.1, 0.15) is 11.3 Å². The van der Waals surface area contributed by atoms with Crippen molar-refractivity contribution in [3.8, 4) is 11.9 Å². The van der Waals surface area contributed by atoms with Crippen molar-refractivity contribution in [2.75, 3.05) is 12.4 Å². The molecule has 2 aromatic heterocycles. The lowest BCUT2D eigenvalue weighted by atomic mass is 10.3. The number of pyridine rings is 2. The van der Waals surface area contributed by atoms with Gasteiger partial charge in [0.1, 0.15) is 17.6 Å². The number of hydrogen-bond donors (Lipinski definition) is 1. The number of rotatable bonds is 4. The minimum Gasteiger partial charge on any atom is -0.481 e. The zero-order valence-electron chi connectivity index (χ0n) is 9.92. The number of methoxy groups -OCH3 is 1. The minimum atomic E-state index is 0.396. The molecule has 0 saturated carbocycles. The molecule has 18 heavy (non-hydrogen) atoms. The predicted octanol–water partition coefficient (Wildman–Crippen LogP) is 1.97. The first-order valence-corrected chi connectivity index (χ1v) is 5.42. The van der Waals surface area contributed by atoms with Gasteiger partial charge in [-0.15, -0.1) is 0 Å². The van der Waals surface area contributed by atoms with Crippen LogP contribution in [0.5, 0.6) is 5.88 Å². The van der Waals surface area contributed by atoms with E-state index in [0.717, 1.165) is 5.56 Å². The van der Waals surface area contributed by atoms with Crippen LogP contribution in [0.15, 0.2) is 36.5 Å². The van der Waals surface area contributed by atoms with Crippen molar-refractivity contribution in [3.05, 3.63) is 47.8 Å². The highest BCUT2D eigenvalue weighted by Gasteiger charge is 1.98. The number of nitrogens with one attached hydrogen (secondary N) is 1. The highest BCUT2D eigenvalue weighted by atomic mass is 16.5. The van der Waals surface area contributed by atoms with Crippen molar-refractivity contribution in [1.29, 1.82) is 5.26 Å². The molecule has 90 valence electrons. The summed E-state index contributed by atoms with van der Waals surface area (Å²) in [6.45, 7) is 0.596. The minimum absolute atomic E-state index is 0.396. The molecule has 2 aromatic rings. The Hall–Kier alpha value is -2.61. The molecule has 0 amide bonds. The van der Waals surface area contributed by atoms with Gasteiger partial charge in [-0.2, -0.15) is 5.26 Å². The van der Waals surface area contributed by atoms with Crippen LogP contribution in [0.2, 0.25) is 0 Å². The topological polar surface area (TPSA) is 70.8 Å². The summed E-state index contributed by atoms with van der Waals surface area (Å²) >= 11 is 0. The molecule has 0 fully saturated rings. The maximum Gasteiger partial charge on any atom is 0.212 e. The summed E-state index contributed by atoms with van der Waals surface area (Å²) in [6, 6.07) is 11.0. The summed E-state index contributed by atoms with van der Waals surface area (Å²) in [5.41, 5.74) is 1.41. The molecule has 2 rings (SSSR count). The number of hydrogen-bond acceptors (Lipinski definition) is 5. The smallest absolute Gasteiger partial charge is 0.212 e. The molecule has 0 unspecified atom stereocenters.